The molecule has 1 saturated heterocycles. The summed E-state index contributed by atoms with van der Waals surface area (Å²) >= 11 is 11.0. The van der Waals surface area contributed by atoms with Crippen molar-refractivity contribution < 1.29 is 23.8 Å². The number of aromatic nitrogens is 2. The molecule has 9 nitrogen and oxygen atoms in total. The molecule has 1 N–H and O–H groups in total. The molecule has 0 saturated carbocycles. The lowest BCUT2D eigenvalue weighted by molar-refractivity contribution is -0.144. The molecule has 3 heterocycles. The van der Waals surface area contributed by atoms with E-state index in [0.29, 0.717) is 52.4 Å². The first-order chi connectivity index (χ1) is 22.3. The zero-order valence-electron chi connectivity index (χ0n) is 25.1. The van der Waals surface area contributed by atoms with E-state index < -0.39 is 12.0 Å². The third-order valence-corrected chi connectivity index (χ3v) is 8.71. The van der Waals surface area contributed by atoms with Gasteiger partial charge in [-0.3, -0.25) is 14.7 Å². The van der Waals surface area contributed by atoms with E-state index in [4.69, 9.17) is 25.5 Å². The Bertz CT molecular complexity index is 1960. The number of fused-ring (bicyclic) bond motifs is 1. The highest BCUT2D eigenvalue weighted by Crippen LogP contribution is 2.36. The fourth-order valence-corrected chi connectivity index (χ4v) is 6.25. The largest absolute Gasteiger partial charge is 0.488 e. The molecule has 1 aliphatic heterocycles. The smallest absolute Gasteiger partial charge is 0.320 e. The topological polar surface area (TPSA) is 122 Å². The van der Waals surface area contributed by atoms with Gasteiger partial charge in [-0.25, -0.2) is 4.98 Å². The maximum atomic E-state index is 12.0. The number of ether oxygens (including phenoxy) is 2. The van der Waals surface area contributed by atoms with E-state index in [-0.39, 0.29) is 13.2 Å². The van der Waals surface area contributed by atoms with Gasteiger partial charge in [-0.2, -0.15) is 5.26 Å². The number of hydrogen-bond donors (Lipinski definition) is 2. The van der Waals surface area contributed by atoms with E-state index in [1.165, 1.54) is 6.20 Å². The molecule has 0 radical (unpaired) electrons. The molecule has 1 fully saturated rings. The predicted octanol–water partition coefficient (Wildman–Crippen LogP) is 7.61. The van der Waals surface area contributed by atoms with Gasteiger partial charge in [0.25, 0.3) is 5.22 Å². The minimum absolute atomic E-state index is 0.157. The summed E-state index contributed by atoms with van der Waals surface area (Å²) in [6.45, 7) is 3.48. The zero-order valence-corrected chi connectivity index (χ0v) is 26.7. The van der Waals surface area contributed by atoms with Crippen LogP contribution in [-0.2, 0) is 24.6 Å². The third kappa shape index (κ3) is 6.97. The molecule has 0 spiro atoms. The summed E-state index contributed by atoms with van der Waals surface area (Å²) in [5, 5.41) is 19.8. The van der Waals surface area contributed by atoms with Crippen LogP contribution in [0, 0.1) is 18.3 Å². The first kappa shape index (κ1) is 31.4. The van der Waals surface area contributed by atoms with E-state index in [2.05, 4.69) is 34.7 Å². The van der Waals surface area contributed by atoms with Crippen LogP contribution in [0.4, 0.5) is 0 Å². The molecule has 1 atom stereocenters. The average molecular weight is 655 g/mol. The Morgan fingerprint density at radius 1 is 1.11 bits per heavy atom. The summed E-state index contributed by atoms with van der Waals surface area (Å²) < 4.78 is 18.1. The van der Waals surface area contributed by atoms with Crippen LogP contribution in [-0.4, -0.2) is 38.5 Å². The maximum Gasteiger partial charge on any atom is 0.320 e. The monoisotopic (exact) mass is 654 g/mol. The van der Waals surface area contributed by atoms with Crippen molar-refractivity contribution >= 4 is 41.3 Å². The van der Waals surface area contributed by atoms with Crippen molar-refractivity contribution in [2.75, 3.05) is 6.54 Å². The molecule has 6 rings (SSSR count). The number of thiol groups is 1. The highest BCUT2D eigenvalue weighted by Gasteiger charge is 2.29. The summed E-state index contributed by atoms with van der Waals surface area (Å²) in [5.74, 6) is 0.122. The number of carboxylic acids is 1. The van der Waals surface area contributed by atoms with Gasteiger partial charge in [0.2, 0.25) is 0 Å². The molecule has 0 amide bonds. The number of nitriles is 1. The number of nitrogens with zero attached hydrogens (tertiary/aromatic N) is 4. The molecule has 0 unspecified atom stereocenters. The molecule has 3 aromatic carbocycles. The molecular weight excluding hydrogens is 624 g/mol. The first-order valence-corrected chi connectivity index (χ1v) is 15.7. The highest BCUT2D eigenvalue weighted by molar-refractivity contribution is 7.80. The van der Waals surface area contributed by atoms with Crippen molar-refractivity contribution in [1.29, 1.82) is 5.26 Å². The standard InChI is InChI=1S/C35H31ClN4O5S/c1-21-25(5-4-6-27(21)24-8-9-31-29(13-24)39-35(46)45-31)20-44-33-14-32(43-19-23-11-22(15-37)16-38-17-23)26(12-28(33)36)18-40-10-3-2-7-30(40)34(41)42/h4-6,8-9,11-14,16-17,30H,2-3,7,10,18-20H2,1H3,(H,39,46)(H,41,42)/t30-/m0/s1. The van der Waals surface area contributed by atoms with Gasteiger partial charge in [-0.15, -0.1) is 0 Å². The Balaban J connectivity index is 1.26. The lowest BCUT2D eigenvalue weighted by Crippen LogP contribution is -2.44. The zero-order chi connectivity index (χ0) is 32.2. The van der Waals surface area contributed by atoms with Gasteiger partial charge in [-0.05, 0) is 72.8 Å². The first-order valence-electron chi connectivity index (χ1n) is 14.9. The number of pyridine rings is 1. The van der Waals surface area contributed by atoms with E-state index in [0.717, 1.165) is 51.7 Å². The second-order valence-electron chi connectivity index (χ2n) is 11.3. The van der Waals surface area contributed by atoms with Gasteiger partial charge < -0.3 is 19.0 Å². The number of carbonyl (C=O) groups is 1. The van der Waals surface area contributed by atoms with E-state index in [1.54, 1.807) is 24.4 Å². The number of likely N-dealkylation sites (tertiary alicyclic amines) is 1. The van der Waals surface area contributed by atoms with Crippen LogP contribution in [0.25, 0.3) is 22.2 Å². The fourth-order valence-electron chi connectivity index (χ4n) is 5.80. The summed E-state index contributed by atoms with van der Waals surface area (Å²) in [6, 6.07) is 18.7. The summed E-state index contributed by atoms with van der Waals surface area (Å²) in [6.07, 6.45) is 5.52. The second-order valence-corrected chi connectivity index (χ2v) is 12.0. The Kier molecular flexibility index (Phi) is 9.45. The predicted molar refractivity (Wildman–Crippen MR) is 176 cm³/mol. The number of halogens is 1. The number of benzene rings is 3. The Morgan fingerprint density at radius 2 is 1.96 bits per heavy atom. The molecule has 234 valence electrons. The summed E-state index contributed by atoms with van der Waals surface area (Å²) in [4.78, 5) is 22.4. The van der Waals surface area contributed by atoms with Gasteiger partial charge in [0.15, 0.2) is 5.58 Å². The lowest BCUT2D eigenvalue weighted by atomic mass is 9.96. The van der Waals surface area contributed by atoms with Crippen molar-refractivity contribution in [3.05, 3.63) is 99.8 Å². The number of oxazole rings is 1. The third-order valence-electron chi connectivity index (χ3n) is 8.22. The molecule has 11 heteroatoms. The minimum atomic E-state index is -0.836. The quantitative estimate of drug-likeness (QED) is 0.147. The highest BCUT2D eigenvalue weighted by atomic mass is 35.5. The van der Waals surface area contributed by atoms with E-state index in [1.807, 2.05) is 42.2 Å². The number of piperidine rings is 1. The van der Waals surface area contributed by atoms with Crippen LogP contribution in [0.15, 0.2) is 76.6 Å². The molecule has 5 aromatic rings. The van der Waals surface area contributed by atoms with Crippen molar-refractivity contribution in [2.45, 2.75) is 57.2 Å². The van der Waals surface area contributed by atoms with Crippen LogP contribution in [0.1, 0.15) is 47.1 Å². The van der Waals surface area contributed by atoms with Gasteiger partial charge in [-0.1, -0.05) is 54.9 Å². The number of aliphatic carboxylic acids is 1. The van der Waals surface area contributed by atoms with Crippen molar-refractivity contribution in [3.8, 4) is 28.7 Å². The van der Waals surface area contributed by atoms with E-state index in [9.17, 15) is 15.2 Å². The van der Waals surface area contributed by atoms with Crippen LogP contribution in [0.3, 0.4) is 0 Å². The Morgan fingerprint density at radius 3 is 2.78 bits per heavy atom. The second kappa shape index (κ2) is 13.8. The SMILES string of the molecule is Cc1c(COc2cc(OCc3cncc(C#N)c3)c(CN3CCCC[C@H]3C(=O)O)cc2Cl)cccc1-c1ccc2oc(S)nc2c1. The van der Waals surface area contributed by atoms with Gasteiger partial charge in [0.1, 0.15) is 42.3 Å². The molecular formula is C35H31ClN4O5S. The Hall–Kier alpha value is -4.56. The molecule has 46 heavy (non-hydrogen) atoms. The number of carboxylic acid groups (broad SMARTS) is 1. The summed E-state index contributed by atoms with van der Waals surface area (Å²) in [7, 11) is 0. The van der Waals surface area contributed by atoms with Crippen molar-refractivity contribution in [2.24, 2.45) is 0 Å². The van der Waals surface area contributed by atoms with Crippen molar-refractivity contribution in [3.63, 3.8) is 0 Å². The van der Waals surface area contributed by atoms with Crippen LogP contribution in [0.2, 0.25) is 5.02 Å². The summed E-state index contributed by atoms with van der Waals surface area (Å²) in [5.41, 5.74) is 7.39. The van der Waals surface area contributed by atoms with Gasteiger partial charge >= 0.3 is 5.97 Å². The average Bonchev–Trinajstić information content (AvgIpc) is 3.44. The maximum absolute atomic E-state index is 12.0. The van der Waals surface area contributed by atoms with Gasteiger partial charge in [0, 0.05) is 36.1 Å². The van der Waals surface area contributed by atoms with Gasteiger partial charge in [0.05, 0.1) is 10.6 Å². The van der Waals surface area contributed by atoms with Crippen LogP contribution in [0.5, 0.6) is 11.5 Å². The molecule has 0 aliphatic carbocycles. The normalized spacial score (nSPS) is 15.0. The Labute approximate surface area is 276 Å². The lowest BCUT2D eigenvalue weighted by Gasteiger charge is -2.33. The van der Waals surface area contributed by atoms with Crippen molar-refractivity contribution in [1.82, 2.24) is 14.9 Å². The molecule has 2 aromatic heterocycles. The number of hydrogen-bond acceptors (Lipinski definition) is 9. The number of rotatable bonds is 10. The van der Waals surface area contributed by atoms with Crippen LogP contribution < -0.4 is 9.47 Å². The molecule has 0 bridgehead atoms. The fraction of sp³-hybridized carbons (Fsp3) is 0.257. The molecule has 1 aliphatic rings. The van der Waals surface area contributed by atoms with Crippen LogP contribution >= 0.6 is 24.2 Å². The van der Waals surface area contributed by atoms with E-state index >= 15 is 0 Å². The minimum Gasteiger partial charge on any atom is -0.488 e.